The third-order valence-corrected chi connectivity index (χ3v) is 2.97. The molecule has 70 valence electrons. The largest absolute Gasteiger partial charge is 0.316 e. The van der Waals surface area contributed by atoms with E-state index in [9.17, 15) is 0 Å². The molecule has 1 unspecified atom stereocenters. The Kier molecular flexibility index (Phi) is 2.36. The second-order valence-corrected chi connectivity index (χ2v) is 4.00. The number of fused-ring (bicyclic) bond motifs is 1. The monoisotopic (exact) mass is 175 g/mol. The van der Waals surface area contributed by atoms with Crippen LogP contribution < -0.4 is 5.32 Å². The molecule has 1 aliphatic rings. The van der Waals surface area contributed by atoms with Gasteiger partial charge in [-0.2, -0.15) is 0 Å². The van der Waals surface area contributed by atoms with Crippen LogP contribution in [0, 0.1) is 0 Å². The number of benzene rings is 1. The lowest BCUT2D eigenvalue weighted by atomic mass is 10.0. The minimum atomic E-state index is 0.770. The summed E-state index contributed by atoms with van der Waals surface area (Å²) in [5, 5.41) is 3.19. The summed E-state index contributed by atoms with van der Waals surface area (Å²) in [6.07, 6.45) is 2.61. The van der Waals surface area contributed by atoms with E-state index in [1.54, 1.807) is 11.1 Å². The first-order valence-electron chi connectivity index (χ1n) is 5.07. The van der Waals surface area contributed by atoms with Gasteiger partial charge >= 0.3 is 0 Å². The van der Waals surface area contributed by atoms with Crippen molar-refractivity contribution in [1.82, 2.24) is 5.32 Å². The van der Waals surface area contributed by atoms with E-state index in [0.717, 1.165) is 12.5 Å². The average molecular weight is 175 g/mol. The standard InChI is InChI=1S/C12H17N/c1-9-3-5-11-6-4-10(8-13-2)7-12(9)11/h4,6-7,9,13H,3,5,8H2,1-2H3. The van der Waals surface area contributed by atoms with Gasteiger partial charge in [-0.05, 0) is 42.5 Å². The van der Waals surface area contributed by atoms with E-state index in [2.05, 4.69) is 30.4 Å². The fourth-order valence-corrected chi connectivity index (χ4v) is 2.17. The molecule has 1 nitrogen and oxygen atoms in total. The van der Waals surface area contributed by atoms with Crippen molar-refractivity contribution in [3.8, 4) is 0 Å². The van der Waals surface area contributed by atoms with Gasteiger partial charge in [0.1, 0.15) is 0 Å². The van der Waals surface area contributed by atoms with Gasteiger partial charge in [-0.15, -0.1) is 0 Å². The molecule has 0 heterocycles. The average Bonchev–Trinajstić information content (AvgIpc) is 2.49. The van der Waals surface area contributed by atoms with E-state index < -0.39 is 0 Å². The number of hydrogen-bond donors (Lipinski definition) is 1. The van der Waals surface area contributed by atoms with Crippen LogP contribution in [-0.2, 0) is 13.0 Å². The van der Waals surface area contributed by atoms with E-state index in [1.807, 2.05) is 7.05 Å². The summed E-state index contributed by atoms with van der Waals surface area (Å²) in [7, 11) is 2.00. The molecule has 0 amide bonds. The second-order valence-electron chi connectivity index (χ2n) is 4.00. The Bertz CT molecular complexity index is 304. The Morgan fingerprint density at radius 2 is 2.31 bits per heavy atom. The van der Waals surface area contributed by atoms with Crippen LogP contribution in [0.4, 0.5) is 0 Å². The minimum absolute atomic E-state index is 0.770. The molecule has 1 aromatic rings. The summed E-state index contributed by atoms with van der Waals surface area (Å²) < 4.78 is 0. The summed E-state index contributed by atoms with van der Waals surface area (Å²) in [5.74, 6) is 0.770. The third kappa shape index (κ3) is 1.61. The summed E-state index contributed by atoms with van der Waals surface area (Å²) in [6.45, 7) is 3.31. The van der Waals surface area contributed by atoms with Crippen molar-refractivity contribution in [2.24, 2.45) is 0 Å². The van der Waals surface area contributed by atoms with Gasteiger partial charge in [-0.25, -0.2) is 0 Å². The number of hydrogen-bond acceptors (Lipinski definition) is 1. The van der Waals surface area contributed by atoms with E-state index in [0.29, 0.717) is 0 Å². The molecule has 0 radical (unpaired) electrons. The SMILES string of the molecule is CNCc1ccc2c(c1)C(C)CC2. The molecule has 1 heteroatoms. The zero-order chi connectivity index (χ0) is 9.26. The highest BCUT2D eigenvalue weighted by molar-refractivity contribution is 5.37. The third-order valence-electron chi connectivity index (χ3n) is 2.97. The fraction of sp³-hybridized carbons (Fsp3) is 0.500. The van der Waals surface area contributed by atoms with Crippen LogP contribution in [0.5, 0.6) is 0 Å². The molecule has 1 N–H and O–H groups in total. The number of nitrogens with one attached hydrogen (secondary N) is 1. The van der Waals surface area contributed by atoms with Gasteiger partial charge in [-0.3, -0.25) is 0 Å². The summed E-state index contributed by atoms with van der Waals surface area (Å²) in [4.78, 5) is 0. The molecule has 0 saturated carbocycles. The smallest absolute Gasteiger partial charge is 0.0202 e. The van der Waals surface area contributed by atoms with Gasteiger partial charge in [0, 0.05) is 6.54 Å². The highest BCUT2D eigenvalue weighted by Gasteiger charge is 2.17. The zero-order valence-corrected chi connectivity index (χ0v) is 8.43. The number of rotatable bonds is 2. The van der Waals surface area contributed by atoms with Crippen LogP contribution in [0.15, 0.2) is 18.2 Å². The first-order chi connectivity index (χ1) is 6.31. The molecule has 0 bridgehead atoms. The highest BCUT2D eigenvalue weighted by atomic mass is 14.8. The van der Waals surface area contributed by atoms with Gasteiger partial charge in [-0.1, -0.05) is 25.1 Å². The van der Waals surface area contributed by atoms with Crippen molar-refractivity contribution in [3.63, 3.8) is 0 Å². The lowest BCUT2D eigenvalue weighted by molar-refractivity contribution is 0.745. The van der Waals surface area contributed by atoms with Crippen molar-refractivity contribution in [2.75, 3.05) is 7.05 Å². The Balaban J connectivity index is 2.31. The second kappa shape index (κ2) is 3.51. The van der Waals surface area contributed by atoms with Crippen molar-refractivity contribution < 1.29 is 0 Å². The molecule has 0 fully saturated rings. The molecule has 0 spiro atoms. The first kappa shape index (κ1) is 8.76. The summed E-state index contributed by atoms with van der Waals surface area (Å²) in [5.41, 5.74) is 4.55. The minimum Gasteiger partial charge on any atom is -0.316 e. The van der Waals surface area contributed by atoms with Crippen molar-refractivity contribution >= 4 is 0 Å². The van der Waals surface area contributed by atoms with Crippen LogP contribution in [0.2, 0.25) is 0 Å². The van der Waals surface area contributed by atoms with Gasteiger partial charge < -0.3 is 5.32 Å². The van der Waals surface area contributed by atoms with E-state index in [1.165, 1.54) is 18.4 Å². The Morgan fingerprint density at radius 3 is 3.08 bits per heavy atom. The van der Waals surface area contributed by atoms with Crippen LogP contribution in [0.1, 0.15) is 36.0 Å². The molecule has 1 aliphatic carbocycles. The molecule has 0 aliphatic heterocycles. The van der Waals surface area contributed by atoms with Gasteiger partial charge in [0.2, 0.25) is 0 Å². The van der Waals surface area contributed by atoms with E-state index in [-0.39, 0.29) is 0 Å². The Labute approximate surface area is 80.2 Å². The predicted molar refractivity (Wildman–Crippen MR) is 55.9 cm³/mol. The summed E-state index contributed by atoms with van der Waals surface area (Å²) in [6, 6.07) is 6.91. The highest BCUT2D eigenvalue weighted by Crippen LogP contribution is 2.32. The molecular formula is C12H17N. The molecule has 2 rings (SSSR count). The Morgan fingerprint density at radius 1 is 1.46 bits per heavy atom. The fourth-order valence-electron chi connectivity index (χ4n) is 2.17. The molecular weight excluding hydrogens is 158 g/mol. The van der Waals surface area contributed by atoms with Gasteiger partial charge in [0.05, 0.1) is 0 Å². The lowest BCUT2D eigenvalue weighted by Gasteiger charge is -2.07. The molecule has 1 atom stereocenters. The van der Waals surface area contributed by atoms with Gasteiger partial charge in [0.25, 0.3) is 0 Å². The van der Waals surface area contributed by atoms with Crippen molar-refractivity contribution in [1.29, 1.82) is 0 Å². The molecule has 0 aromatic heterocycles. The van der Waals surface area contributed by atoms with E-state index in [4.69, 9.17) is 0 Å². The number of aryl methyl sites for hydroxylation is 1. The van der Waals surface area contributed by atoms with Crippen LogP contribution in [0.25, 0.3) is 0 Å². The van der Waals surface area contributed by atoms with Crippen molar-refractivity contribution in [3.05, 3.63) is 34.9 Å². The predicted octanol–water partition coefficient (Wildman–Crippen LogP) is 2.46. The normalized spacial score (nSPS) is 20.3. The Hall–Kier alpha value is -0.820. The molecule has 13 heavy (non-hydrogen) atoms. The topological polar surface area (TPSA) is 12.0 Å². The summed E-state index contributed by atoms with van der Waals surface area (Å²) >= 11 is 0. The van der Waals surface area contributed by atoms with Crippen molar-refractivity contribution in [2.45, 2.75) is 32.2 Å². The first-order valence-corrected chi connectivity index (χ1v) is 5.07. The van der Waals surface area contributed by atoms with Crippen LogP contribution in [-0.4, -0.2) is 7.05 Å². The maximum Gasteiger partial charge on any atom is 0.0202 e. The molecule has 1 aromatic carbocycles. The quantitative estimate of drug-likeness (QED) is 0.728. The zero-order valence-electron chi connectivity index (χ0n) is 8.43. The molecule has 0 saturated heterocycles. The lowest BCUT2D eigenvalue weighted by Crippen LogP contribution is -2.05. The van der Waals surface area contributed by atoms with Gasteiger partial charge in [0.15, 0.2) is 0 Å². The van der Waals surface area contributed by atoms with Crippen LogP contribution in [0.3, 0.4) is 0 Å². The van der Waals surface area contributed by atoms with E-state index >= 15 is 0 Å². The maximum atomic E-state index is 3.19. The maximum absolute atomic E-state index is 3.19. The van der Waals surface area contributed by atoms with Crippen LogP contribution >= 0.6 is 0 Å².